The standard InChI is InChI=1S/C14H18F3NO2S/c1-4-20-13(19)12(18-9(2)3)10-5-7-11(8-6-10)21-14(15,16)17/h5-9,12,18H,4H2,1-3H3. The fraction of sp³-hybridized carbons (Fsp3) is 0.500. The molecule has 0 heterocycles. The van der Waals surface area contributed by atoms with Crippen LogP contribution in [0.3, 0.4) is 0 Å². The Balaban J connectivity index is 2.90. The van der Waals surface area contributed by atoms with Crippen molar-refractivity contribution in [3.05, 3.63) is 29.8 Å². The van der Waals surface area contributed by atoms with Gasteiger partial charge in [-0.2, -0.15) is 13.2 Å². The van der Waals surface area contributed by atoms with Crippen LogP contribution in [0, 0.1) is 0 Å². The lowest BCUT2D eigenvalue weighted by atomic mass is 10.1. The van der Waals surface area contributed by atoms with Gasteiger partial charge in [0.1, 0.15) is 6.04 Å². The molecule has 1 aromatic rings. The van der Waals surface area contributed by atoms with Crippen LogP contribution in [0.15, 0.2) is 29.2 Å². The molecule has 118 valence electrons. The lowest BCUT2D eigenvalue weighted by Crippen LogP contribution is -2.34. The molecule has 7 heteroatoms. The molecular weight excluding hydrogens is 303 g/mol. The number of esters is 1. The van der Waals surface area contributed by atoms with Gasteiger partial charge in [0.2, 0.25) is 0 Å². The lowest BCUT2D eigenvalue weighted by molar-refractivity contribution is -0.146. The normalized spacial score (nSPS) is 13.3. The number of rotatable bonds is 6. The van der Waals surface area contributed by atoms with Crippen molar-refractivity contribution in [2.24, 2.45) is 0 Å². The second-order valence-electron chi connectivity index (χ2n) is 4.62. The molecule has 0 radical (unpaired) electrons. The first-order valence-corrected chi connectivity index (χ1v) is 7.33. The van der Waals surface area contributed by atoms with E-state index in [0.717, 1.165) is 0 Å². The third-order valence-electron chi connectivity index (χ3n) is 2.47. The van der Waals surface area contributed by atoms with Gasteiger partial charge in [-0.05, 0) is 50.2 Å². The number of carbonyl (C=O) groups excluding carboxylic acids is 1. The molecule has 0 saturated heterocycles. The van der Waals surface area contributed by atoms with E-state index in [-0.39, 0.29) is 29.3 Å². The summed E-state index contributed by atoms with van der Waals surface area (Å²) in [6.07, 6.45) is 0. The van der Waals surface area contributed by atoms with Crippen LogP contribution in [0.25, 0.3) is 0 Å². The van der Waals surface area contributed by atoms with Crippen LogP contribution in [0.5, 0.6) is 0 Å². The fourth-order valence-electron chi connectivity index (χ4n) is 1.72. The minimum Gasteiger partial charge on any atom is -0.465 e. The summed E-state index contributed by atoms with van der Waals surface area (Å²) in [6, 6.07) is 5.05. The Morgan fingerprint density at radius 3 is 2.29 bits per heavy atom. The van der Waals surface area contributed by atoms with Crippen LogP contribution < -0.4 is 5.32 Å². The van der Waals surface area contributed by atoms with E-state index in [0.29, 0.717) is 5.56 Å². The summed E-state index contributed by atoms with van der Waals surface area (Å²) >= 11 is -0.183. The molecule has 1 rings (SSSR count). The Morgan fingerprint density at radius 1 is 1.29 bits per heavy atom. The van der Waals surface area contributed by atoms with Crippen LogP contribution in [0.2, 0.25) is 0 Å². The molecule has 0 saturated carbocycles. The van der Waals surface area contributed by atoms with Gasteiger partial charge in [0.25, 0.3) is 0 Å². The number of ether oxygens (including phenoxy) is 1. The average Bonchev–Trinajstić information content (AvgIpc) is 2.35. The molecule has 1 unspecified atom stereocenters. The number of alkyl halides is 3. The van der Waals surface area contributed by atoms with Crippen molar-refractivity contribution in [2.45, 2.75) is 43.3 Å². The van der Waals surface area contributed by atoms with Crippen LogP contribution in [0.1, 0.15) is 32.4 Å². The second kappa shape index (κ2) is 7.70. The van der Waals surface area contributed by atoms with Crippen LogP contribution in [0.4, 0.5) is 13.2 Å². The number of hydrogen-bond donors (Lipinski definition) is 1. The minimum atomic E-state index is -4.32. The van der Waals surface area contributed by atoms with E-state index >= 15 is 0 Å². The summed E-state index contributed by atoms with van der Waals surface area (Å²) in [5, 5.41) is 3.04. The predicted molar refractivity (Wildman–Crippen MR) is 76.0 cm³/mol. The zero-order valence-electron chi connectivity index (χ0n) is 12.0. The molecule has 0 aliphatic rings. The zero-order chi connectivity index (χ0) is 16.0. The van der Waals surface area contributed by atoms with E-state index in [4.69, 9.17) is 4.74 Å². The highest BCUT2D eigenvalue weighted by molar-refractivity contribution is 8.00. The van der Waals surface area contributed by atoms with E-state index in [1.165, 1.54) is 24.3 Å². The number of hydrogen-bond acceptors (Lipinski definition) is 4. The molecule has 1 atom stereocenters. The first-order chi connectivity index (χ1) is 9.73. The summed E-state index contributed by atoms with van der Waals surface area (Å²) in [4.78, 5) is 12.0. The fourth-order valence-corrected chi connectivity index (χ4v) is 2.26. The number of benzene rings is 1. The van der Waals surface area contributed by atoms with Crippen molar-refractivity contribution >= 4 is 17.7 Å². The Kier molecular flexibility index (Phi) is 6.54. The summed E-state index contributed by atoms with van der Waals surface area (Å²) in [6.45, 7) is 5.70. The predicted octanol–water partition coefficient (Wildman–Crippen LogP) is 3.90. The van der Waals surface area contributed by atoms with Crippen molar-refractivity contribution in [1.29, 1.82) is 0 Å². The molecule has 21 heavy (non-hydrogen) atoms. The first-order valence-electron chi connectivity index (χ1n) is 6.51. The largest absolute Gasteiger partial charge is 0.465 e. The maximum atomic E-state index is 12.3. The van der Waals surface area contributed by atoms with Gasteiger partial charge in [0.15, 0.2) is 0 Å². The van der Waals surface area contributed by atoms with Crippen LogP contribution in [-0.2, 0) is 9.53 Å². The molecule has 0 aliphatic carbocycles. The molecule has 0 amide bonds. The van der Waals surface area contributed by atoms with Gasteiger partial charge in [-0.1, -0.05) is 12.1 Å². The molecule has 0 fully saturated rings. The van der Waals surface area contributed by atoms with Crippen LogP contribution >= 0.6 is 11.8 Å². The summed E-state index contributed by atoms with van der Waals surface area (Å²) in [5.41, 5.74) is -3.74. The van der Waals surface area contributed by atoms with Gasteiger partial charge in [-0.25, -0.2) is 4.79 Å². The smallest absolute Gasteiger partial charge is 0.446 e. The molecule has 0 aromatic heterocycles. The Hall–Kier alpha value is -1.21. The van der Waals surface area contributed by atoms with E-state index in [1.54, 1.807) is 6.92 Å². The second-order valence-corrected chi connectivity index (χ2v) is 5.76. The zero-order valence-corrected chi connectivity index (χ0v) is 12.8. The average molecular weight is 321 g/mol. The molecule has 1 aromatic carbocycles. The van der Waals surface area contributed by atoms with E-state index < -0.39 is 17.5 Å². The van der Waals surface area contributed by atoms with Crippen molar-refractivity contribution < 1.29 is 22.7 Å². The third-order valence-corrected chi connectivity index (χ3v) is 3.21. The highest BCUT2D eigenvalue weighted by atomic mass is 32.2. The summed E-state index contributed by atoms with van der Waals surface area (Å²) in [5.74, 6) is -0.442. The van der Waals surface area contributed by atoms with Gasteiger partial charge in [-0.15, -0.1) is 0 Å². The minimum absolute atomic E-state index is 0.0311. The molecule has 1 N–H and O–H groups in total. The maximum absolute atomic E-state index is 12.3. The molecule has 0 spiro atoms. The Bertz CT molecular complexity index is 460. The van der Waals surface area contributed by atoms with E-state index in [2.05, 4.69) is 5.32 Å². The van der Waals surface area contributed by atoms with Crippen molar-refractivity contribution in [2.75, 3.05) is 6.61 Å². The topological polar surface area (TPSA) is 38.3 Å². The van der Waals surface area contributed by atoms with Gasteiger partial charge in [0.05, 0.1) is 6.61 Å². The van der Waals surface area contributed by atoms with Gasteiger partial charge >= 0.3 is 11.5 Å². The van der Waals surface area contributed by atoms with Crippen molar-refractivity contribution in [1.82, 2.24) is 5.32 Å². The van der Waals surface area contributed by atoms with Gasteiger partial charge in [0, 0.05) is 10.9 Å². The van der Waals surface area contributed by atoms with Crippen molar-refractivity contribution in [3.8, 4) is 0 Å². The number of carbonyl (C=O) groups is 1. The third kappa shape index (κ3) is 6.39. The highest BCUT2D eigenvalue weighted by Crippen LogP contribution is 2.37. The number of halogens is 3. The monoisotopic (exact) mass is 321 g/mol. The summed E-state index contributed by atoms with van der Waals surface area (Å²) in [7, 11) is 0. The van der Waals surface area contributed by atoms with Crippen LogP contribution in [-0.4, -0.2) is 24.1 Å². The van der Waals surface area contributed by atoms with Crippen molar-refractivity contribution in [3.63, 3.8) is 0 Å². The van der Waals surface area contributed by atoms with E-state index in [9.17, 15) is 18.0 Å². The van der Waals surface area contributed by atoms with Gasteiger partial charge < -0.3 is 4.74 Å². The molecule has 3 nitrogen and oxygen atoms in total. The Labute approximate surface area is 126 Å². The Morgan fingerprint density at radius 2 is 1.86 bits per heavy atom. The lowest BCUT2D eigenvalue weighted by Gasteiger charge is -2.20. The molecule has 0 bridgehead atoms. The molecule has 0 aliphatic heterocycles. The van der Waals surface area contributed by atoms with E-state index in [1.807, 2.05) is 13.8 Å². The number of nitrogens with one attached hydrogen (secondary N) is 1. The van der Waals surface area contributed by atoms with Gasteiger partial charge in [-0.3, -0.25) is 5.32 Å². The summed E-state index contributed by atoms with van der Waals surface area (Å²) < 4.78 is 41.8. The molecular formula is C14H18F3NO2S. The highest BCUT2D eigenvalue weighted by Gasteiger charge is 2.29. The first kappa shape index (κ1) is 17.8. The number of thioether (sulfide) groups is 1. The quantitative estimate of drug-likeness (QED) is 0.637. The maximum Gasteiger partial charge on any atom is 0.446 e. The SMILES string of the molecule is CCOC(=O)C(NC(C)C)c1ccc(SC(F)(F)F)cc1.